The number of hydrogen-bond acceptors (Lipinski definition) is 7. The Hall–Kier alpha value is -3.36. The van der Waals surface area contributed by atoms with Crippen molar-refractivity contribution < 1.29 is 4.79 Å². The zero-order valence-electron chi connectivity index (χ0n) is 15.0. The van der Waals surface area contributed by atoms with Crippen LogP contribution in [0.1, 0.15) is 18.4 Å². The number of aryl methyl sites for hydroxylation is 1. The number of amides is 1. The molecule has 0 aromatic carbocycles. The molecular formula is C18H20N8O. The van der Waals surface area contributed by atoms with Crippen LogP contribution in [0.3, 0.4) is 0 Å². The first-order valence-corrected chi connectivity index (χ1v) is 8.85. The fourth-order valence-electron chi connectivity index (χ4n) is 3.20. The zero-order chi connectivity index (χ0) is 18.6. The van der Waals surface area contributed by atoms with Gasteiger partial charge in [0.2, 0.25) is 5.91 Å². The number of anilines is 2. The smallest absolute Gasteiger partial charge is 0.230 e. The van der Waals surface area contributed by atoms with Crippen molar-refractivity contribution in [2.45, 2.75) is 19.8 Å². The lowest BCUT2D eigenvalue weighted by Crippen LogP contribution is -2.41. The van der Waals surface area contributed by atoms with Gasteiger partial charge in [-0.2, -0.15) is 5.10 Å². The lowest BCUT2D eigenvalue weighted by Gasteiger charge is -2.32. The summed E-state index contributed by atoms with van der Waals surface area (Å²) in [5.74, 6) is 1.92. The Labute approximate surface area is 156 Å². The summed E-state index contributed by atoms with van der Waals surface area (Å²) in [7, 11) is 0. The molecule has 1 aliphatic rings. The van der Waals surface area contributed by atoms with Crippen LogP contribution >= 0.6 is 0 Å². The van der Waals surface area contributed by atoms with Gasteiger partial charge in [-0.15, -0.1) is 0 Å². The number of carbonyl (C=O) groups is 1. The average molecular weight is 364 g/mol. The van der Waals surface area contributed by atoms with Gasteiger partial charge in [0, 0.05) is 25.4 Å². The van der Waals surface area contributed by atoms with Crippen molar-refractivity contribution in [3.63, 3.8) is 0 Å². The Morgan fingerprint density at radius 1 is 1.22 bits per heavy atom. The van der Waals surface area contributed by atoms with Gasteiger partial charge >= 0.3 is 0 Å². The Morgan fingerprint density at radius 3 is 2.93 bits per heavy atom. The van der Waals surface area contributed by atoms with E-state index in [1.54, 1.807) is 17.2 Å². The number of piperidine rings is 1. The molecule has 1 atom stereocenters. The second-order valence-electron chi connectivity index (χ2n) is 6.52. The van der Waals surface area contributed by atoms with Crippen LogP contribution < -0.4 is 10.2 Å². The number of hydrogen-bond donors (Lipinski definition) is 1. The maximum Gasteiger partial charge on any atom is 0.230 e. The van der Waals surface area contributed by atoms with Crippen molar-refractivity contribution in [3.8, 4) is 5.82 Å². The van der Waals surface area contributed by atoms with Gasteiger partial charge in [0.25, 0.3) is 0 Å². The summed E-state index contributed by atoms with van der Waals surface area (Å²) in [6.07, 6.45) is 8.00. The lowest BCUT2D eigenvalue weighted by atomic mass is 9.97. The number of rotatable bonds is 4. The third-order valence-electron chi connectivity index (χ3n) is 4.66. The quantitative estimate of drug-likeness (QED) is 0.750. The topological polar surface area (TPSA) is 102 Å². The zero-order valence-corrected chi connectivity index (χ0v) is 15.0. The van der Waals surface area contributed by atoms with E-state index in [1.807, 2.05) is 25.1 Å². The molecule has 0 saturated carbocycles. The first-order valence-electron chi connectivity index (χ1n) is 8.85. The number of nitrogens with one attached hydrogen (secondary N) is 1. The minimum absolute atomic E-state index is 0.00736. The summed E-state index contributed by atoms with van der Waals surface area (Å²) in [5.41, 5.74) is 0.951. The molecule has 1 fully saturated rings. The summed E-state index contributed by atoms with van der Waals surface area (Å²) in [6, 6.07) is 5.65. The van der Waals surface area contributed by atoms with Crippen LogP contribution in [-0.2, 0) is 4.79 Å². The molecule has 4 rings (SSSR count). The maximum absolute atomic E-state index is 12.7. The van der Waals surface area contributed by atoms with E-state index in [-0.39, 0.29) is 11.8 Å². The van der Waals surface area contributed by atoms with Crippen molar-refractivity contribution in [3.05, 3.63) is 48.9 Å². The molecule has 4 heterocycles. The Morgan fingerprint density at radius 2 is 2.11 bits per heavy atom. The fourth-order valence-corrected chi connectivity index (χ4v) is 3.20. The minimum Gasteiger partial charge on any atom is -0.356 e. The van der Waals surface area contributed by atoms with E-state index in [0.29, 0.717) is 18.2 Å². The van der Waals surface area contributed by atoms with Gasteiger partial charge < -0.3 is 10.2 Å². The molecule has 0 bridgehead atoms. The Balaban J connectivity index is 1.47. The van der Waals surface area contributed by atoms with Crippen LogP contribution in [0.25, 0.3) is 5.82 Å². The fraction of sp³-hybridized carbons (Fsp3) is 0.333. The van der Waals surface area contributed by atoms with E-state index in [2.05, 4.69) is 35.3 Å². The van der Waals surface area contributed by atoms with Gasteiger partial charge in [-0.3, -0.25) is 4.79 Å². The highest BCUT2D eigenvalue weighted by atomic mass is 16.2. The molecule has 1 amide bonds. The molecule has 9 heteroatoms. The Bertz CT molecular complexity index is 927. The number of pyridine rings is 1. The van der Waals surface area contributed by atoms with E-state index >= 15 is 0 Å². The molecule has 1 aliphatic heterocycles. The molecule has 3 aromatic heterocycles. The SMILES string of the molecule is Cc1cccnc1NC(=O)[C@@H]1CCCN(c2cc(-n3cncn3)ncn2)C1. The predicted octanol–water partition coefficient (Wildman–Crippen LogP) is 1.62. The largest absolute Gasteiger partial charge is 0.356 e. The highest BCUT2D eigenvalue weighted by molar-refractivity contribution is 5.92. The monoisotopic (exact) mass is 364 g/mol. The van der Waals surface area contributed by atoms with Gasteiger partial charge in [0.05, 0.1) is 5.92 Å². The second kappa shape index (κ2) is 7.48. The molecule has 0 unspecified atom stereocenters. The molecule has 0 spiro atoms. The van der Waals surface area contributed by atoms with Crippen LogP contribution in [0, 0.1) is 12.8 Å². The summed E-state index contributed by atoms with van der Waals surface area (Å²) >= 11 is 0. The van der Waals surface area contributed by atoms with Gasteiger partial charge in [-0.05, 0) is 31.4 Å². The second-order valence-corrected chi connectivity index (χ2v) is 6.52. The number of carbonyl (C=O) groups excluding carboxylic acids is 1. The summed E-state index contributed by atoms with van der Waals surface area (Å²) < 4.78 is 1.59. The van der Waals surface area contributed by atoms with Crippen LogP contribution in [0.4, 0.5) is 11.6 Å². The van der Waals surface area contributed by atoms with Gasteiger partial charge in [0.1, 0.15) is 30.6 Å². The van der Waals surface area contributed by atoms with Crippen LogP contribution in [-0.4, -0.2) is 48.7 Å². The van der Waals surface area contributed by atoms with E-state index in [1.165, 1.54) is 12.7 Å². The first kappa shape index (κ1) is 17.1. The standard InChI is InChI=1S/C18H20N8O/c1-13-4-2-6-20-17(13)24-18(27)14-5-3-7-25(9-14)15-8-16(22-11-21-15)26-12-19-10-23-26/h2,4,6,8,10-12,14H,3,5,7,9H2,1H3,(H,20,24,27)/t14-/m1/s1. The van der Waals surface area contributed by atoms with Crippen molar-refractivity contribution in [1.82, 2.24) is 29.7 Å². The average Bonchev–Trinajstić information content (AvgIpc) is 3.25. The lowest BCUT2D eigenvalue weighted by molar-refractivity contribution is -0.120. The predicted molar refractivity (Wildman–Crippen MR) is 99.5 cm³/mol. The van der Waals surface area contributed by atoms with E-state index in [9.17, 15) is 4.79 Å². The molecular weight excluding hydrogens is 344 g/mol. The normalized spacial score (nSPS) is 16.9. The van der Waals surface area contributed by atoms with Crippen molar-refractivity contribution in [1.29, 1.82) is 0 Å². The summed E-state index contributed by atoms with van der Waals surface area (Å²) in [5, 5.41) is 7.05. The molecule has 1 saturated heterocycles. The molecule has 0 radical (unpaired) electrons. The van der Waals surface area contributed by atoms with Gasteiger partial charge in [0.15, 0.2) is 5.82 Å². The summed E-state index contributed by atoms with van der Waals surface area (Å²) in [4.78, 5) is 31.6. The molecule has 3 aromatic rings. The summed E-state index contributed by atoms with van der Waals surface area (Å²) in [6.45, 7) is 3.38. The maximum atomic E-state index is 12.7. The molecule has 1 N–H and O–H groups in total. The number of aromatic nitrogens is 6. The van der Waals surface area contributed by atoms with Crippen LogP contribution in [0.15, 0.2) is 43.4 Å². The van der Waals surface area contributed by atoms with Gasteiger partial charge in [-0.1, -0.05) is 6.07 Å². The highest BCUT2D eigenvalue weighted by Gasteiger charge is 2.27. The van der Waals surface area contributed by atoms with Crippen molar-refractivity contribution in [2.24, 2.45) is 5.92 Å². The van der Waals surface area contributed by atoms with E-state index in [0.717, 1.165) is 30.8 Å². The molecule has 0 aliphatic carbocycles. The molecule has 9 nitrogen and oxygen atoms in total. The first-order chi connectivity index (χ1) is 13.2. The van der Waals surface area contributed by atoms with Crippen LogP contribution in [0.2, 0.25) is 0 Å². The molecule has 27 heavy (non-hydrogen) atoms. The Kier molecular flexibility index (Phi) is 4.73. The number of nitrogens with zero attached hydrogens (tertiary/aromatic N) is 7. The minimum atomic E-state index is -0.120. The van der Waals surface area contributed by atoms with Crippen molar-refractivity contribution >= 4 is 17.5 Å². The van der Waals surface area contributed by atoms with E-state index in [4.69, 9.17) is 0 Å². The third kappa shape index (κ3) is 3.76. The highest BCUT2D eigenvalue weighted by Crippen LogP contribution is 2.23. The van der Waals surface area contributed by atoms with Gasteiger partial charge in [-0.25, -0.2) is 24.6 Å². The molecule has 138 valence electrons. The van der Waals surface area contributed by atoms with Crippen LogP contribution in [0.5, 0.6) is 0 Å². The van der Waals surface area contributed by atoms with Crippen molar-refractivity contribution in [2.75, 3.05) is 23.3 Å². The third-order valence-corrected chi connectivity index (χ3v) is 4.66. The van der Waals surface area contributed by atoms with E-state index < -0.39 is 0 Å².